The molecule has 21 heavy (non-hydrogen) atoms. The Morgan fingerprint density at radius 1 is 1.33 bits per heavy atom. The van der Waals surface area contributed by atoms with Crippen molar-refractivity contribution in [3.63, 3.8) is 0 Å². The van der Waals surface area contributed by atoms with Crippen molar-refractivity contribution in [1.82, 2.24) is 19.7 Å². The summed E-state index contributed by atoms with van der Waals surface area (Å²) in [5.74, 6) is 1.06. The van der Waals surface area contributed by atoms with Gasteiger partial charge >= 0.3 is 0 Å². The number of nitrogen functional groups attached to an aromatic ring is 1. The molecule has 0 unspecified atom stereocenters. The summed E-state index contributed by atoms with van der Waals surface area (Å²) < 4.78 is 7.32. The molecular weight excluding hydrogens is 286 g/mol. The zero-order valence-corrected chi connectivity index (χ0v) is 12.5. The predicted molar refractivity (Wildman–Crippen MR) is 80.9 cm³/mol. The number of hydrogen-bond donors (Lipinski definition) is 1. The zero-order chi connectivity index (χ0) is 14.4. The van der Waals surface area contributed by atoms with Crippen LogP contribution >= 0.6 is 11.3 Å². The van der Waals surface area contributed by atoms with Crippen LogP contribution in [0.1, 0.15) is 23.3 Å². The van der Waals surface area contributed by atoms with Gasteiger partial charge in [0, 0.05) is 11.9 Å². The molecule has 0 aliphatic heterocycles. The molecule has 1 aliphatic rings. The third-order valence-electron chi connectivity index (χ3n) is 3.88. The monoisotopic (exact) mass is 301 g/mol. The molecular formula is C14H15N5OS. The van der Waals surface area contributed by atoms with E-state index in [1.54, 1.807) is 23.9 Å². The number of aryl methyl sites for hydroxylation is 2. The van der Waals surface area contributed by atoms with E-state index in [1.807, 2.05) is 11.6 Å². The van der Waals surface area contributed by atoms with E-state index in [9.17, 15) is 0 Å². The minimum atomic E-state index is 0.517. The highest BCUT2D eigenvalue weighted by Crippen LogP contribution is 2.42. The lowest BCUT2D eigenvalue weighted by Gasteiger charge is -2.10. The van der Waals surface area contributed by atoms with Crippen LogP contribution in [0.15, 0.2) is 17.0 Å². The van der Waals surface area contributed by atoms with E-state index in [-0.39, 0.29) is 0 Å². The second-order valence-corrected chi connectivity index (χ2v) is 6.40. The average Bonchev–Trinajstić information content (AvgIpc) is 3.15. The number of nitrogens with zero attached hydrogens (tertiary/aromatic N) is 4. The third kappa shape index (κ3) is 1.96. The number of rotatable bonds is 2. The molecule has 0 amide bonds. The maximum Gasteiger partial charge on any atom is 0.261 e. The predicted octanol–water partition coefficient (Wildman–Crippen LogP) is 2.66. The van der Waals surface area contributed by atoms with Crippen LogP contribution in [0, 0.1) is 0 Å². The molecule has 4 rings (SSSR count). The summed E-state index contributed by atoms with van der Waals surface area (Å²) in [6.07, 6.45) is 8.01. The molecule has 0 fully saturated rings. The summed E-state index contributed by atoms with van der Waals surface area (Å²) >= 11 is 1.65. The maximum atomic E-state index is 6.18. The molecule has 0 aromatic carbocycles. The van der Waals surface area contributed by atoms with Crippen LogP contribution in [0.2, 0.25) is 0 Å². The van der Waals surface area contributed by atoms with E-state index in [1.165, 1.54) is 23.3 Å². The van der Waals surface area contributed by atoms with Crippen LogP contribution < -0.4 is 5.73 Å². The van der Waals surface area contributed by atoms with Crippen molar-refractivity contribution in [3.05, 3.63) is 23.0 Å². The number of fused-ring (bicyclic) bond motifs is 1. The maximum absolute atomic E-state index is 6.18. The number of nitrogens with two attached hydrogens (primary N) is 1. The standard InChI is InChI=1S/C14H15N5OS/c1-19-7-16-6-9(19)13-17-14(20-18-13)11-8-4-2-3-5-10(8)21-12(11)15/h6-7H,2-5,15H2,1H3. The highest BCUT2D eigenvalue weighted by molar-refractivity contribution is 7.16. The summed E-state index contributed by atoms with van der Waals surface area (Å²) in [5, 5.41) is 4.85. The van der Waals surface area contributed by atoms with Gasteiger partial charge in [0.2, 0.25) is 5.82 Å². The van der Waals surface area contributed by atoms with E-state index in [2.05, 4.69) is 15.1 Å². The Morgan fingerprint density at radius 2 is 2.19 bits per heavy atom. The molecule has 0 radical (unpaired) electrons. The van der Waals surface area contributed by atoms with E-state index < -0.39 is 0 Å². The molecule has 3 heterocycles. The first-order valence-electron chi connectivity index (χ1n) is 6.95. The van der Waals surface area contributed by atoms with Gasteiger partial charge in [0.25, 0.3) is 5.89 Å². The Labute approximate surface area is 125 Å². The van der Waals surface area contributed by atoms with Gasteiger partial charge in [-0.3, -0.25) is 0 Å². The van der Waals surface area contributed by atoms with Crippen molar-refractivity contribution in [1.29, 1.82) is 0 Å². The van der Waals surface area contributed by atoms with Gasteiger partial charge < -0.3 is 14.8 Å². The second-order valence-electron chi connectivity index (χ2n) is 5.26. The van der Waals surface area contributed by atoms with E-state index >= 15 is 0 Å². The number of aromatic nitrogens is 4. The van der Waals surface area contributed by atoms with Gasteiger partial charge in [-0.25, -0.2) is 4.98 Å². The first kappa shape index (κ1) is 12.6. The SMILES string of the molecule is Cn1cncc1-c1noc(-c2c(N)sc3c2CCCC3)n1. The van der Waals surface area contributed by atoms with Crippen molar-refractivity contribution in [3.8, 4) is 23.0 Å². The van der Waals surface area contributed by atoms with E-state index in [0.29, 0.717) is 11.7 Å². The number of thiophene rings is 1. The molecule has 6 nitrogen and oxygen atoms in total. The summed E-state index contributed by atoms with van der Waals surface area (Å²) in [7, 11) is 1.90. The fraction of sp³-hybridized carbons (Fsp3) is 0.357. The fourth-order valence-electron chi connectivity index (χ4n) is 2.82. The van der Waals surface area contributed by atoms with Crippen LogP contribution in [0.25, 0.3) is 23.0 Å². The molecule has 0 atom stereocenters. The molecule has 0 saturated carbocycles. The van der Waals surface area contributed by atoms with E-state index in [4.69, 9.17) is 10.3 Å². The lowest BCUT2D eigenvalue weighted by molar-refractivity contribution is 0.431. The number of imidazole rings is 1. The second kappa shape index (κ2) is 4.70. The van der Waals surface area contributed by atoms with Gasteiger partial charge in [-0.1, -0.05) is 5.16 Å². The molecule has 3 aromatic rings. The Kier molecular flexibility index (Phi) is 2.81. The molecule has 0 saturated heterocycles. The van der Waals surface area contributed by atoms with Gasteiger partial charge in [-0.15, -0.1) is 11.3 Å². The van der Waals surface area contributed by atoms with Gasteiger partial charge in [0.15, 0.2) is 0 Å². The zero-order valence-electron chi connectivity index (χ0n) is 11.7. The Hall–Kier alpha value is -2.15. The smallest absolute Gasteiger partial charge is 0.261 e. The van der Waals surface area contributed by atoms with Crippen molar-refractivity contribution in [2.75, 3.05) is 5.73 Å². The molecule has 2 N–H and O–H groups in total. The lowest BCUT2D eigenvalue weighted by atomic mass is 9.95. The van der Waals surface area contributed by atoms with Gasteiger partial charge in [0.05, 0.1) is 23.1 Å². The number of anilines is 1. The van der Waals surface area contributed by atoms with Crippen LogP contribution in [0.3, 0.4) is 0 Å². The Bertz CT molecular complexity index is 800. The first-order chi connectivity index (χ1) is 10.2. The minimum absolute atomic E-state index is 0.517. The van der Waals surface area contributed by atoms with Crippen LogP contribution in [-0.4, -0.2) is 19.7 Å². The van der Waals surface area contributed by atoms with Crippen molar-refractivity contribution in [2.24, 2.45) is 7.05 Å². The van der Waals surface area contributed by atoms with Gasteiger partial charge in [0.1, 0.15) is 5.69 Å². The first-order valence-corrected chi connectivity index (χ1v) is 7.76. The molecule has 1 aliphatic carbocycles. The van der Waals surface area contributed by atoms with Gasteiger partial charge in [-0.2, -0.15) is 4.98 Å². The molecule has 3 aromatic heterocycles. The minimum Gasteiger partial charge on any atom is -0.390 e. The Balaban J connectivity index is 1.80. The highest BCUT2D eigenvalue weighted by Gasteiger charge is 2.24. The summed E-state index contributed by atoms with van der Waals surface area (Å²) in [5.41, 5.74) is 9.25. The average molecular weight is 301 g/mol. The summed E-state index contributed by atoms with van der Waals surface area (Å²) in [4.78, 5) is 9.96. The molecule has 108 valence electrons. The quantitative estimate of drug-likeness (QED) is 0.786. The normalized spacial score (nSPS) is 14.3. The topological polar surface area (TPSA) is 82.8 Å². The van der Waals surface area contributed by atoms with Crippen molar-refractivity contribution < 1.29 is 4.52 Å². The summed E-state index contributed by atoms with van der Waals surface area (Å²) in [6.45, 7) is 0. The van der Waals surface area contributed by atoms with Crippen LogP contribution in [0.5, 0.6) is 0 Å². The molecule has 7 heteroatoms. The number of hydrogen-bond acceptors (Lipinski definition) is 6. The lowest BCUT2D eigenvalue weighted by Crippen LogP contribution is -2.00. The van der Waals surface area contributed by atoms with Crippen LogP contribution in [-0.2, 0) is 19.9 Å². The van der Waals surface area contributed by atoms with E-state index in [0.717, 1.165) is 29.1 Å². The summed E-state index contributed by atoms with van der Waals surface area (Å²) in [6, 6.07) is 0. The molecule has 0 spiro atoms. The Morgan fingerprint density at radius 3 is 3.00 bits per heavy atom. The third-order valence-corrected chi connectivity index (χ3v) is 5.01. The van der Waals surface area contributed by atoms with Crippen molar-refractivity contribution in [2.45, 2.75) is 25.7 Å². The molecule has 0 bridgehead atoms. The largest absolute Gasteiger partial charge is 0.390 e. The fourth-order valence-corrected chi connectivity index (χ4v) is 3.98. The van der Waals surface area contributed by atoms with Gasteiger partial charge in [-0.05, 0) is 31.2 Å². The van der Waals surface area contributed by atoms with Crippen molar-refractivity contribution >= 4 is 16.3 Å². The highest BCUT2D eigenvalue weighted by atomic mass is 32.1. The van der Waals surface area contributed by atoms with Crippen LogP contribution in [0.4, 0.5) is 5.00 Å².